The summed E-state index contributed by atoms with van der Waals surface area (Å²) in [6.07, 6.45) is 1.72. The molecule has 1 fully saturated rings. The summed E-state index contributed by atoms with van der Waals surface area (Å²) >= 11 is 3.36. The van der Waals surface area contributed by atoms with E-state index in [4.69, 9.17) is 9.15 Å². The van der Waals surface area contributed by atoms with Crippen LogP contribution in [0.3, 0.4) is 0 Å². The van der Waals surface area contributed by atoms with Gasteiger partial charge in [-0.3, -0.25) is 4.90 Å². The Labute approximate surface area is 85.8 Å². The zero-order valence-electron chi connectivity index (χ0n) is 7.33. The summed E-state index contributed by atoms with van der Waals surface area (Å²) in [5.74, 6) is 1.01. The van der Waals surface area contributed by atoms with Gasteiger partial charge in [-0.05, 0) is 22.0 Å². The second-order valence-corrected chi connectivity index (χ2v) is 4.04. The summed E-state index contributed by atoms with van der Waals surface area (Å²) in [4.78, 5) is 2.33. The highest BCUT2D eigenvalue weighted by atomic mass is 79.9. The number of halogens is 1. The van der Waals surface area contributed by atoms with Crippen LogP contribution in [0.2, 0.25) is 0 Å². The smallest absolute Gasteiger partial charge is 0.118 e. The number of hydrogen-bond donors (Lipinski definition) is 0. The van der Waals surface area contributed by atoms with E-state index >= 15 is 0 Å². The summed E-state index contributed by atoms with van der Waals surface area (Å²) < 4.78 is 11.6. The maximum Gasteiger partial charge on any atom is 0.118 e. The molecule has 1 aromatic rings. The van der Waals surface area contributed by atoms with E-state index in [1.807, 2.05) is 6.07 Å². The standard InChI is InChI=1S/C9H12BrNO2/c10-8-5-9(13-7-8)6-11-1-3-12-4-2-11/h5,7H,1-4,6H2. The molecule has 0 radical (unpaired) electrons. The Hall–Kier alpha value is -0.320. The third kappa shape index (κ3) is 2.56. The van der Waals surface area contributed by atoms with E-state index < -0.39 is 0 Å². The molecule has 0 bridgehead atoms. The first-order chi connectivity index (χ1) is 6.34. The Morgan fingerprint density at radius 3 is 2.77 bits per heavy atom. The van der Waals surface area contributed by atoms with Gasteiger partial charge in [-0.1, -0.05) is 0 Å². The predicted molar refractivity (Wildman–Crippen MR) is 52.5 cm³/mol. The SMILES string of the molecule is Brc1coc(CN2CCOCC2)c1. The minimum atomic E-state index is 0.835. The van der Waals surface area contributed by atoms with Crippen molar-refractivity contribution in [3.05, 3.63) is 22.6 Å². The molecule has 13 heavy (non-hydrogen) atoms. The molecular weight excluding hydrogens is 234 g/mol. The number of ether oxygens (including phenoxy) is 1. The number of morpholine rings is 1. The Morgan fingerprint density at radius 2 is 2.15 bits per heavy atom. The Balaban J connectivity index is 1.89. The van der Waals surface area contributed by atoms with Crippen molar-refractivity contribution in [3.8, 4) is 0 Å². The van der Waals surface area contributed by atoms with E-state index in [-0.39, 0.29) is 0 Å². The minimum Gasteiger partial charge on any atom is -0.467 e. The maximum atomic E-state index is 5.34. The van der Waals surface area contributed by atoms with Crippen LogP contribution < -0.4 is 0 Å². The topological polar surface area (TPSA) is 25.6 Å². The third-order valence-corrected chi connectivity index (χ3v) is 2.52. The van der Waals surface area contributed by atoms with Gasteiger partial charge in [-0.25, -0.2) is 0 Å². The number of furan rings is 1. The van der Waals surface area contributed by atoms with Crippen LogP contribution in [-0.2, 0) is 11.3 Å². The molecule has 0 atom stereocenters. The van der Waals surface area contributed by atoms with Gasteiger partial charge in [0.1, 0.15) is 12.0 Å². The molecule has 4 heteroatoms. The molecule has 2 rings (SSSR count). The Kier molecular flexibility index (Phi) is 3.03. The fourth-order valence-electron chi connectivity index (χ4n) is 1.42. The van der Waals surface area contributed by atoms with Crippen LogP contribution in [-0.4, -0.2) is 31.2 Å². The monoisotopic (exact) mass is 245 g/mol. The first-order valence-corrected chi connectivity index (χ1v) is 5.17. The van der Waals surface area contributed by atoms with Gasteiger partial charge in [-0.15, -0.1) is 0 Å². The molecular formula is C9H12BrNO2. The summed E-state index contributed by atoms with van der Waals surface area (Å²) in [6.45, 7) is 4.55. The van der Waals surface area contributed by atoms with Crippen LogP contribution in [0, 0.1) is 0 Å². The molecule has 1 saturated heterocycles. The van der Waals surface area contributed by atoms with Gasteiger partial charge in [0.25, 0.3) is 0 Å². The van der Waals surface area contributed by atoms with Crippen LogP contribution in [0.4, 0.5) is 0 Å². The van der Waals surface area contributed by atoms with Gasteiger partial charge >= 0.3 is 0 Å². The quantitative estimate of drug-likeness (QED) is 0.796. The second-order valence-electron chi connectivity index (χ2n) is 3.12. The van der Waals surface area contributed by atoms with Crippen LogP contribution in [0.5, 0.6) is 0 Å². The Bertz CT molecular complexity index is 268. The van der Waals surface area contributed by atoms with Crippen molar-refractivity contribution in [3.63, 3.8) is 0 Å². The molecule has 0 spiro atoms. The minimum absolute atomic E-state index is 0.835. The molecule has 0 unspecified atom stereocenters. The maximum absolute atomic E-state index is 5.34. The van der Waals surface area contributed by atoms with E-state index in [0.717, 1.165) is 43.1 Å². The highest BCUT2D eigenvalue weighted by Crippen LogP contribution is 2.16. The number of hydrogen-bond acceptors (Lipinski definition) is 3. The van der Waals surface area contributed by atoms with Gasteiger partial charge in [0.2, 0.25) is 0 Å². The molecule has 0 N–H and O–H groups in total. The van der Waals surface area contributed by atoms with Crippen LogP contribution in [0.1, 0.15) is 5.76 Å². The predicted octanol–water partition coefficient (Wildman–Crippen LogP) is 1.87. The summed E-state index contributed by atoms with van der Waals surface area (Å²) in [7, 11) is 0. The molecule has 0 aromatic carbocycles. The van der Waals surface area contributed by atoms with Crippen molar-refractivity contribution in [2.45, 2.75) is 6.54 Å². The fraction of sp³-hybridized carbons (Fsp3) is 0.556. The Morgan fingerprint density at radius 1 is 1.38 bits per heavy atom. The van der Waals surface area contributed by atoms with Crippen molar-refractivity contribution >= 4 is 15.9 Å². The molecule has 1 aliphatic heterocycles. The largest absolute Gasteiger partial charge is 0.467 e. The van der Waals surface area contributed by atoms with Crippen LogP contribution in [0.25, 0.3) is 0 Å². The third-order valence-electron chi connectivity index (χ3n) is 2.10. The lowest BCUT2D eigenvalue weighted by Gasteiger charge is -2.25. The average Bonchev–Trinajstić information content (AvgIpc) is 2.53. The van der Waals surface area contributed by atoms with Crippen molar-refractivity contribution < 1.29 is 9.15 Å². The number of nitrogens with zero attached hydrogens (tertiary/aromatic N) is 1. The molecule has 0 aliphatic carbocycles. The number of rotatable bonds is 2. The van der Waals surface area contributed by atoms with E-state index in [1.54, 1.807) is 6.26 Å². The summed E-state index contributed by atoms with van der Waals surface area (Å²) in [5.41, 5.74) is 0. The molecule has 0 amide bonds. The van der Waals surface area contributed by atoms with Gasteiger partial charge in [0.15, 0.2) is 0 Å². The summed E-state index contributed by atoms with van der Waals surface area (Å²) in [5, 5.41) is 0. The van der Waals surface area contributed by atoms with Crippen molar-refractivity contribution in [1.82, 2.24) is 4.90 Å². The molecule has 1 aromatic heterocycles. The molecule has 72 valence electrons. The highest BCUT2D eigenvalue weighted by Gasteiger charge is 2.12. The first-order valence-electron chi connectivity index (χ1n) is 4.37. The lowest BCUT2D eigenvalue weighted by Crippen LogP contribution is -2.35. The first kappa shape index (κ1) is 9.24. The van der Waals surface area contributed by atoms with Crippen LogP contribution in [0.15, 0.2) is 21.2 Å². The van der Waals surface area contributed by atoms with E-state index in [9.17, 15) is 0 Å². The average molecular weight is 246 g/mol. The highest BCUT2D eigenvalue weighted by molar-refractivity contribution is 9.10. The van der Waals surface area contributed by atoms with Crippen molar-refractivity contribution in [2.24, 2.45) is 0 Å². The molecule has 0 saturated carbocycles. The molecule has 3 nitrogen and oxygen atoms in total. The van der Waals surface area contributed by atoms with E-state index in [1.165, 1.54) is 0 Å². The van der Waals surface area contributed by atoms with E-state index in [0.29, 0.717) is 0 Å². The fourth-order valence-corrected chi connectivity index (χ4v) is 1.77. The normalized spacial score (nSPS) is 19.2. The van der Waals surface area contributed by atoms with Gasteiger partial charge in [0, 0.05) is 13.1 Å². The lowest BCUT2D eigenvalue weighted by molar-refractivity contribution is 0.0313. The second kappa shape index (κ2) is 4.26. The van der Waals surface area contributed by atoms with E-state index in [2.05, 4.69) is 20.8 Å². The zero-order chi connectivity index (χ0) is 9.10. The molecule has 1 aliphatic rings. The van der Waals surface area contributed by atoms with Gasteiger partial charge in [-0.2, -0.15) is 0 Å². The summed E-state index contributed by atoms with van der Waals surface area (Å²) in [6, 6.07) is 2.01. The molecule has 2 heterocycles. The van der Waals surface area contributed by atoms with Crippen LogP contribution >= 0.6 is 15.9 Å². The van der Waals surface area contributed by atoms with Gasteiger partial charge < -0.3 is 9.15 Å². The van der Waals surface area contributed by atoms with Gasteiger partial charge in [0.05, 0.1) is 24.2 Å². The van der Waals surface area contributed by atoms with Crippen molar-refractivity contribution in [1.29, 1.82) is 0 Å². The zero-order valence-corrected chi connectivity index (χ0v) is 8.92. The van der Waals surface area contributed by atoms with Crippen molar-refractivity contribution in [2.75, 3.05) is 26.3 Å². The lowest BCUT2D eigenvalue weighted by atomic mass is 10.3.